The van der Waals surface area contributed by atoms with Crippen molar-refractivity contribution in [3.63, 3.8) is 0 Å². The molecule has 0 bridgehead atoms. The molecule has 1 aromatic heterocycles. The molecule has 0 fully saturated rings. The largest absolute Gasteiger partial charge is 0.497 e. The van der Waals surface area contributed by atoms with Gasteiger partial charge in [-0.2, -0.15) is 0 Å². The van der Waals surface area contributed by atoms with Crippen molar-refractivity contribution in [3.8, 4) is 17.0 Å². The monoisotopic (exact) mass is 385 g/mol. The van der Waals surface area contributed by atoms with Gasteiger partial charge >= 0.3 is 0 Å². The lowest BCUT2D eigenvalue weighted by molar-refractivity contribution is 0.297. The maximum Gasteiger partial charge on any atom is 0.299 e. The Hall–Kier alpha value is -3.93. The Morgan fingerprint density at radius 3 is 2.34 bits per heavy atom. The maximum absolute atomic E-state index is 13.1. The molecule has 0 amide bonds. The minimum Gasteiger partial charge on any atom is -0.497 e. The van der Waals surface area contributed by atoms with E-state index in [1.54, 1.807) is 11.7 Å². The van der Waals surface area contributed by atoms with E-state index >= 15 is 0 Å². The summed E-state index contributed by atoms with van der Waals surface area (Å²) < 4.78 is 6.78. The molecular weight excluding hydrogens is 366 g/mol. The van der Waals surface area contributed by atoms with Gasteiger partial charge in [-0.3, -0.25) is 4.79 Å². The highest BCUT2D eigenvalue weighted by atomic mass is 16.5. The summed E-state index contributed by atoms with van der Waals surface area (Å²) in [7, 11) is 1.61. The van der Waals surface area contributed by atoms with E-state index < -0.39 is 5.56 Å². The summed E-state index contributed by atoms with van der Waals surface area (Å²) in [4.78, 5) is 17.6. The van der Waals surface area contributed by atoms with Crippen molar-refractivity contribution in [1.29, 1.82) is 0 Å². The number of benzene rings is 3. The number of ether oxygens (including phenoxy) is 1. The fourth-order valence-corrected chi connectivity index (χ4v) is 3.31. The summed E-state index contributed by atoms with van der Waals surface area (Å²) in [5, 5.41) is 13.5. The Labute approximate surface area is 167 Å². The highest BCUT2D eigenvalue weighted by Gasteiger charge is 2.12. The van der Waals surface area contributed by atoms with Gasteiger partial charge in [0.2, 0.25) is 0 Å². The zero-order chi connectivity index (χ0) is 20.2. The molecule has 4 aromatic rings. The zero-order valence-electron chi connectivity index (χ0n) is 15.8. The van der Waals surface area contributed by atoms with E-state index in [4.69, 9.17) is 4.74 Å². The predicted molar refractivity (Wildman–Crippen MR) is 111 cm³/mol. The van der Waals surface area contributed by atoms with Crippen LogP contribution in [-0.4, -0.2) is 21.9 Å². The van der Waals surface area contributed by atoms with Gasteiger partial charge in [0.1, 0.15) is 5.75 Å². The van der Waals surface area contributed by atoms with Crippen LogP contribution >= 0.6 is 0 Å². The third kappa shape index (κ3) is 3.60. The topological polar surface area (TPSA) is 76.7 Å². The third-order valence-corrected chi connectivity index (χ3v) is 4.75. The minimum atomic E-state index is -0.471. The summed E-state index contributed by atoms with van der Waals surface area (Å²) in [6, 6.07) is 24.6. The van der Waals surface area contributed by atoms with Gasteiger partial charge in [-0.15, -0.1) is 0 Å². The van der Waals surface area contributed by atoms with Gasteiger partial charge in [0.15, 0.2) is 0 Å². The standard InChI is InChI=1S/C23H19N3O3/c1-29-18-13-11-16(12-14-18)15-26-20-10-6-5-9-19(20)21(17-7-3-2-4-8-17)24-22(25-28)23(26)27/h2-14,28H,15H2,1H3. The number of aromatic nitrogens is 2. The Kier molecular flexibility index (Phi) is 5.07. The third-order valence-electron chi connectivity index (χ3n) is 4.75. The van der Waals surface area contributed by atoms with E-state index in [0.717, 1.165) is 22.3 Å². The van der Waals surface area contributed by atoms with Crippen molar-refractivity contribution in [2.75, 3.05) is 7.11 Å². The Bertz CT molecular complexity index is 1280. The average molecular weight is 385 g/mol. The summed E-state index contributed by atoms with van der Waals surface area (Å²) in [6.45, 7) is 0.302. The Morgan fingerprint density at radius 1 is 0.966 bits per heavy atom. The van der Waals surface area contributed by atoms with Crippen molar-refractivity contribution >= 4 is 10.9 Å². The van der Waals surface area contributed by atoms with Crippen LogP contribution in [0.25, 0.3) is 22.2 Å². The maximum atomic E-state index is 13.1. The molecule has 6 heteroatoms. The molecule has 1 N–H and O–H groups in total. The van der Waals surface area contributed by atoms with Gasteiger partial charge in [0.05, 0.1) is 24.9 Å². The fraction of sp³-hybridized carbons (Fsp3) is 0.0870. The molecule has 0 aliphatic heterocycles. The number of hydrogen-bond donors (Lipinski definition) is 1. The van der Waals surface area contributed by atoms with Crippen molar-refractivity contribution in [2.24, 2.45) is 5.16 Å². The quantitative estimate of drug-likeness (QED) is 0.431. The molecule has 0 radical (unpaired) electrons. The molecule has 4 rings (SSSR count). The summed E-state index contributed by atoms with van der Waals surface area (Å²) in [5.41, 5.74) is 2.30. The molecule has 1 heterocycles. The first-order chi connectivity index (χ1) is 14.2. The van der Waals surface area contributed by atoms with Crippen molar-refractivity contribution < 1.29 is 9.94 Å². The molecule has 0 unspecified atom stereocenters. The van der Waals surface area contributed by atoms with Crippen LogP contribution in [0.2, 0.25) is 0 Å². The summed E-state index contributed by atoms with van der Waals surface area (Å²) >= 11 is 0. The van der Waals surface area contributed by atoms with Crippen molar-refractivity contribution in [2.45, 2.75) is 6.54 Å². The van der Waals surface area contributed by atoms with E-state index in [2.05, 4.69) is 10.1 Å². The Morgan fingerprint density at radius 2 is 1.66 bits per heavy atom. The SMILES string of the molecule is COc1ccc(Cn2c(=O)c(=NO)nc(-c3ccccc3)c3ccccc32)cc1. The average Bonchev–Trinajstić information content (AvgIpc) is 2.90. The number of methoxy groups -OCH3 is 1. The van der Waals surface area contributed by atoms with E-state index in [1.165, 1.54) is 0 Å². The molecule has 6 nitrogen and oxygen atoms in total. The number of fused-ring (bicyclic) bond motifs is 1. The minimum absolute atomic E-state index is 0.256. The van der Waals surface area contributed by atoms with Gasteiger partial charge in [0, 0.05) is 10.9 Å². The van der Waals surface area contributed by atoms with Crippen LogP contribution in [0.15, 0.2) is 88.8 Å². The van der Waals surface area contributed by atoms with Gasteiger partial charge in [0.25, 0.3) is 11.0 Å². The number of rotatable bonds is 4. The lowest BCUT2D eigenvalue weighted by atomic mass is 10.1. The molecule has 0 saturated carbocycles. The second-order valence-electron chi connectivity index (χ2n) is 6.51. The van der Waals surface area contributed by atoms with Gasteiger partial charge in [-0.25, -0.2) is 4.98 Å². The van der Waals surface area contributed by atoms with Crippen LogP contribution in [0, 0.1) is 0 Å². The highest BCUT2D eigenvalue weighted by Crippen LogP contribution is 2.24. The van der Waals surface area contributed by atoms with Crippen LogP contribution in [0.4, 0.5) is 0 Å². The van der Waals surface area contributed by atoms with E-state index in [1.807, 2.05) is 78.9 Å². The summed E-state index contributed by atoms with van der Waals surface area (Å²) in [5.74, 6) is 0.739. The van der Waals surface area contributed by atoms with Gasteiger partial charge < -0.3 is 14.5 Å². The van der Waals surface area contributed by atoms with E-state index in [-0.39, 0.29) is 5.49 Å². The highest BCUT2D eigenvalue weighted by molar-refractivity contribution is 5.91. The molecule has 0 saturated heterocycles. The van der Waals surface area contributed by atoms with Crippen molar-refractivity contribution in [3.05, 3.63) is 100 Å². The van der Waals surface area contributed by atoms with Crippen molar-refractivity contribution in [1.82, 2.24) is 9.55 Å². The second kappa shape index (κ2) is 7.98. The van der Waals surface area contributed by atoms with Crippen LogP contribution in [0.1, 0.15) is 5.56 Å². The smallest absolute Gasteiger partial charge is 0.299 e. The number of hydrogen-bond acceptors (Lipinski definition) is 5. The lowest BCUT2D eigenvalue weighted by Crippen LogP contribution is -2.34. The van der Waals surface area contributed by atoms with Crippen LogP contribution in [-0.2, 0) is 6.54 Å². The van der Waals surface area contributed by atoms with E-state index in [9.17, 15) is 10.0 Å². The molecule has 0 aliphatic rings. The van der Waals surface area contributed by atoms with Crippen LogP contribution < -0.4 is 15.8 Å². The summed E-state index contributed by atoms with van der Waals surface area (Å²) in [6.07, 6.45) is 0. The molecular formula is C23H19N3O3. The Balaban J connectivity index is 2.02. The first-order valence-corrected chi connectivity index (χ1v) is 9.11. The number of para-hydroxylation sites is 1. The molecule has 29 heavy (non-hydrogen) atoms. The zero-order valence-corrected chi connectivity index (χ0v) is 15.8. The van der Waals surface area contributed by atoms with E-state index in [0.29, 0.717) is 17.8 Å². The van der Waals surface area contributed by atoms with Crippen LogP contribution in [0.3, 0.4) is 0 Å². The number of nitrogens with zero attached hydrogens (tertiary/aromatic N) is 3. The second-order valence-corrected chi connectivity index (χ2v) is 6.51. The molecule has 0 aliphatic carbocycles. The first kappa shape index (κ1) is 18.4. The molecule has 0 atom stereocenters. The molecule has 144 valence electrons. The predicted octanol–water partition coefficient (Wildman–Crippen LogP) is 3.41. The van der Waals surface area contributed by atoms with Gasteiger partial charge in [-0.05, 0) is 23.8 Å². The normalized spacial score (nSPS) is 11.6. The molecule has 0 spiro atoms. The molecule has 3 aromatic carbocycles. The van der Waals surface area contributed by atoms with Gasteiger partial charge in [-0.1, -0.05) is 65.8 Å². The van der Waals surface area contributed by atoms with Crippen LogP contribution in [0.5, 0.6) is 5.75 Å². The first-order valence-electron chi connectivity index (χ1n) is 9.11. The lowest BCUT2D eigenvalue weighted by Gasteiger charge is -2.09. The fourth-order valence-electron chi connectivity index (χ4n) is 3.31.